The van der Waals surface area contributed by atoms with Crippen molar-refractivity contribution in [2.75, 3.05) is 23.3 Å². The molecule has 1 fully saturated rings. The molecule has 0 unspecified atom stereocenters. The molecule has 0 saturated carbocycles. The van der Waals surface area contributed by atoms with Gasteiger partial charge in [-0.3, -0.25) is 10.00 Å². The number of piperidine rings is 1. The number of nitrogens with one attached hydrogen (secondary N) is 2. The summed E-state index contributed by atoms with van der Waals surface area (Å²) in [6.45, 7) is 5.97. The van der Waals surface area contributed by atoms with Gasteiger partial charge in [0.2, 0.25) is 0 Å². The van der Waals surface area contributed by atoms with Crippen molar-refractivity contribution in [2.45, 2.75) is 38.6 Å². The lowest BCUT2D eigenvalue weighted by Gasteiger charge is -2.34. The van der Waals surface area contributed by atoms with Gasteiger partial charge in [-0.1, -0.05) is 13.8 Å². The van der Waals surface area contributed by atoms with Gasteiger partial charge in [-0.25, -0.2) is 9.78 Å². The smallest absolute Gasteiger partial charge is 0.321 e. The van der Waals surface area contributed by atoms with E-state index in [1.54, 1.807) is 6.20 Å². The monoisotopic (exact) mass is 348 g/mol. The van der Waals surface area contributed by atoms with Crippen LogP contribution in [0.1, 0.15) is 38.3 Å². The van der Waals surface area contributed by atoms with Crippen molar-refractivity contribution in [1.29, 1.82) is 0 Å². The van der Waals surface area contributed by atoms with Crippen LogP contribution >= 0.6 is 11.3 Å². The average Bonchev–Trinajstić information content (AvgIpc) is 3.16. The Balaban J connectivity index is 1.55. The zero-order valence-electron chi connectivity index (χ0n) is 14.3. The first-order valence-corrected chi connectivity index (χ1v) is 9.17. The first-order chi connectivity index (χ1) is 11.5. The van der Waals surface area contributed by atoms with Gasteiger partial charge in [0.1, 0.15) is 5.82 Å². The minimum atomic E-state index is -0.184. The van der Waals surface area contributed by atoms with Gasteiger partial charge in [0.15, 0.2) is 5.13 Å². The van der Waals surface area contributed by atoms with Crippen molar-refractivity contribution in [3.63, 3.8) is 0 Å². The summed E-state index contributed by atoms with van der Waals surface area (Å²) in [6, 6.07) is 1.94. The van der Waals surface area contributed by atoms with E-state index in [1.807, 2.05) is 23.2 Å². The molecule has 8 heteroatoms. The summed E-state index contributed by atoms with van der Waals surface area (Å²) in [5.74, 6) is 1.45. The lowest BCUT2D eigenvalue weighted by molar-refractivity contribution is 0.246. The van der Waals surface area contributed by atoms with Crippen LogP contribution < -0.4 is 15.5 Å². The Morgan fingerprint density at radius 2 is 2.29 bits per heavy atom. The molecule has 130 valence electrons. The lowest BCUT2D eigenvalue weighted by atomic mass is 10.1. The lowest BCUT2D eigenvalue weighted by Crippen LogP contribution is -2.49. The number of amides is 2. The zero-order valence-corrected chi connectivity index (χ0v) is 15.1. The first-order valence-electron chi connectivity index (χ1n) is 8.29. The first kappa shape index (κ1) is 16.8. The number of rotatable bonds is 4. The molecule has 3 heterocycles. The third-order valence-electron chi connectivity index (χ3n) is 4.21. The van der Waals surface area contributed by atoms with Gasteiger partial charge in [-0.05, 0) is 18.8 Å². The number of hydrogen-bond acceptors (Lipinski definition) is 5. The predicted octanol–water partition coefficient (Wildman–Crippen LogP) is 2.79. The second-order valence-electron chi connectivity index (χ2n) is 6.43. The molecule has 3 rings (SSSR count). The molecule has 24 heavy (non-hydrogen) atoms. The third-order valence-corrected chi connectivity index (χ3v) is 4.99. The predicted molar refractivity (Wildman–Crippen MR) is 96.8 cm³/mol. The Morgan fingerprint density at radius 3 is 2.96 bits per heavy atom. The summed E-state index contributed by atoms with van der Waals surface area (Å²) in [6.07, 6.45) is 3.83. The van der Waals surface area contributed by atoms with Crippen molar-refractivity contribution >= 4 is 28.3 Å². The van der Waals surface area contributed by atoms with E-state index in [9.17, 15) is 4.79 Å². The molecular formula is C16H24N6OS. The highest BCUT2D eigenvalue weighted by Gasteiger charge is 2.23. The SMILES string of the molecule is CC(C)c1csc(NC(=O)N[C@@H]2CCCN(c3ccnn3C)C2)n1. The Bertz CT molecular complexity index is 694. The summed E-state index contributed by atoms with van der Waals surface area (Å²) >= 11 is 1.46. The molecule has 0 aromatic carbocycles. The van der Waals surface area contributed by atoms with Gasteiger partial charge in [-0.15, -0.1) is 11.3 Å². The highest BCUT2D eigenvalue weighted by atomic mass is 32.1. The number of aryl methyl sites for hydroxylation is 1. The van der Waals surface area contributed by atoms with E-state index in [-0.39, 0.29) is 12.1 Å². The highest BCUT2D eigenvalue weighted by molar-refractivity contribution is 7.13. The van der Waals surface area contributed by atoms with Crippen molar-refractivity contribution in [3.05, 3.63) is 23.3 Å². The maximum Gasteiger partial charge on any atom is 0.321 e. The molecule has 0 spiro atoms. The summed E-state index contributed by atoms with van der Waals surface area (Å²) in [7, 11) is 1.94. The van der Waals surface area contributed by atoms with Crippen LogP contribution in [0.4, 0.5) is 15.7 Å². The molecule has 1 aliphatic rings. The summed E-state index contributed by atoms with van der Waals surface area (Å²) in [5.41, 5.74) is 1.01. The zero-order chi connectivity index (χ0) is 17.1. The van der Waals surface area contributed by atoms with Crippen LogP contribution in [0, 0.1) is 0 Å². The maximum atomic E-state index is 12.2. The summed E-state index contributed by atoms with van der Waals surface area (Å²) in [4.78, 5) is 18.9. The minimum Gasteiger partial charge on any atom is -0.355 e. The number of urea groups is 1. The molecule has 0 aliphatic carbocycles. The fourth-order valence-electron chi connectivity index (χ4n) is 2.91. The molecule has 2 amide bonds. The number of hydrogen-bond donors (Lipinski definition) is 2. The quantitative estimate of drug-likeness (QED) is 0.891. The number of nitrogens with zero attached hydrogens (tertiary/aromatic N) is 4. The van der Waals surface area contributed by atoms with Crippen molar-refractivity contribution < 1.29 is 4.79 Å². The van der Waals surface area contributed by atoms with Gasteiger partial charge < -0.3 is 10.2 Å². The molecule has 2 aromatic heterocycles. The summed E-state index contributed by atoms with van der Waals surface area (Å²) in [5, 5.41) is 12.8. The number of anilines is 2. The third kappa shape index (κ3) is 3.87. The molecule has 2 aromatic rings. The standard InChI is InChI=1S/C16H24N6OS/c1-11(2)13-10-24-16(19-13)20-15(23)18-12-5-4-8-22(9-12)14-6-7-17-21(14)3/h6-7,10-12H,4-5,8-9H2,1-3H3,(H2,18,19,20,23)/t12-/m1/s1. The molecule has 7 nitrogen and oxygen atoms in total. The van der Waals surface area contributed by atoms with Crippen molar-refractivity contribution in [1.82, 2.24) is 20.1 Å². The molecule has 1 aliphatic heterocycles. The van der Waals surface area contributed by atoms with Gasteiger partial charge in [0.25, 0.3) is 0 Å². The Labute approximate surface area is 146 Å². The Kier molecular flexibility index (Phi) is 5.03. The number of carbonyl (C=O) groups is 1. The molecule has 0 radical (unpaired) electrons. The van der Waals surface area contributed by atoms with Crippen LogP contribution in [0.3, 0.4) is 0 Å². The number of thiazole rings is 1. The second-order valence-corrected chi connectivity index (χ2v) is 7.29. The van der Waals surface area contributed by atoms with E-state index in [1.165, 1.54) is 11.3 Å². The van der Waals surface area contributed by atoms with Crippen LogP contribution in [-0.4, -0.2) is 39.9 Å². The highest BCUT2D eigenvalue weighted by Crippen LogP contribution is 2.22. The largest absolute Gasteiger partial charge is 0.355 e. The normalized spacial score (nSPS) is 18.0. The topological polar surface area (TPSA) is 75.1 Å². The molecule has 2 N–H and O–H groups in total. The van der Waals surface area contributed by atoms with Gasteiger partial charge >= 0.3 is 6.03 Å². The van der Waals surface area contributed by atoms with E-state index in [2.05, 4.69) is 39.5 Å². The fourth-order valence-corrected chi connectivity index (χ4v) is 3.77. The summed E-state index contributed by atoms with van der Waals surface area (Å²) < 4.78 is 1.87. The van der Waals surface area contributed by atoms with Crippen LogP contribution in [-0.2, 0) is 7.05 Å². The van der Waals surface area contributed by atoms with E-state index in [0.29, 0.717) is 11.0 Å². The van der Waals surface area contributed by atoms with Crippen molar-refractivity contribution in [2.24, 2.45) is 7.05 Å². The molecule has 0 bridgehead atoms. The van der Waals surface area contributed by atoms with Gasteiger partial charge in [0.05, 0.1) is 11.9 Å². The van der Waals surface area contributed by atoms with Crippen LogP contribution in [0.5, 0.6) is 0 Å². The minimum absolute atomic E-state index is 0.123. The van der Waals surface area contributed by atoms with E-state index < -0.39 is 0 Å². The molecular weight excluding hydrogens is 324 g/mol. The average molecular weight is 348 g/mol. The van der Waals surface area contributed by atoms with Crippen LogP contribution in [0.2, 0.25) is 0 Å². The number of aromatic nitrogens is 3. The van der Waals surface area contributed by atoms with Crippen LogP contribution in [0.15, 0.2) is 17.6 Å². The van der Waals surface area contributed by atoms with Gasteiger partial charge in [-0.2, -0.15) is 5.10 Å². The Hall–Kier alpha value is -2.09. The fraction of sp³-hybridized carbons (Fsp3) is 0.562. The maximum absolute atomic E-state index is 12.2. The van der Waals surface area contributed by atoms with Gasteiger partial charge in [0, 0.05) is 37.6 Å². The van der Waals surface area contributed by atoms with Crippen LogP contribution in [0.25, 0.3) is 0 Å². The Morgan fingerprint density at radius 1 is 1.46 bits per heavy atom. The second kappa shape index (κ2) is 7.21. The molecule has 1 atom stereocenters. The van der Waals surface area contributed by atoms with E-state index in [4.69, 9.17) is 0 Å². The van der Waals surface area contributed by atoms with Crippen molar-refractivity contribution in [3.8, 4) is 0 Å². The molecule has 1 saturated heterocycles. The van der Waals surface area contributed by atoms with E-state index in [0.717, 1.165) is 37.4 Å². The van der Waals surface area contributed by atoms with E-state index >= 15 is 0 Å². The number of carbonyl (C=O) groups excluding carboxylic acids is 1.